The average Bonchev–Trinajstić information content (AvgIpc) is 3.28. The number of hydrogen-bond acceptors (Lipinski definition) is 11. The maximum absolute atomic E-state index is 12.9. The Kier molecular flexibility index (Phi) is 41.5. The lowest BCUT2D eigenvalue weighted by Crippen LogP contribution is -2.60. The maximum Gasteiger partial charge on any atom is 0.397 e. The number of aliphatic hydroxyl groups excluding tert-OH is 3. The summed E-state index contributed by atoms with van der Waals surface area (Å²) in [6.45, 7) is 4.02. The molecule has 0 spiro atoms. The van der Waals surface area contributed by atoms with Crippen LogP contribution in [0.25, 0.3) is 0 Å². The Balaban J connectivity index is 2.32. The van der Waals surface area contributed by atoms with Gasteiger partial charge in [-0.05, 0) is 44.9 Å². The van der Waals surface area contributed by atoms with Gasteiger partial charge in [0.25, 0.3) is 0 Å². The van der Waals surface area contributed by atoms with Gasteiger partial charge in [-0.15, -0.1) is 0 Å². The third-order valence-corrected chi connectivity index (χ3v) is 12.8. The van der Waals surface area contributed by atoms with Gasteiger partial charge in [-0.1, -0.05) is 212 Å². The molecule has 0 aromatic rings. The van der Waals surface area contributed by atoms with Gasteiger partial charge in [-0.25, -0.2) is 4.18 Å². The summed E-state index contributed by atoms with van der Waals surface area (Å²) < 4.78 is 59.3. The van der Waals surface area contributed by atoms with Crippen molar-refractivity contribution in [2.24, 2.45) is 0 Å². The zero-order valence-electron chi connectivity index (χ0n) is 41.3. The fraction of sp³-hybridized carbons (Fsp3) is 0.904. The fourth-order valence-corrected chi connectivity index (χ4v) is 8.80. The number of unbranched alkanes of at least 4 members (excludes halogenated alkanes) is 30. The highest BCUT2D eigenvalue weighted by Crippen LogP contribution is 2.26. The highest BCUT2D eigenvalue weighted by molar-refractivity contribution is 7.80. The van der Waals surface area contributed by atoms with E-state index >= 15 is 0 Å². The Bertz CT molecular complexity index is 1230. The number of esters is 1. The van der Waals surface area contributed by atoms with E-state index in [0.717, 1.165) is 44.9 Å². The summed E-state index contributed by atoms with van der Waals surface area (Å²) in [4.78, 5) is 12.9. The molecule has 6 atom stereocenters. The van der Waals surface area contributed by atoms with Crippen molar-refractivity contribution in [1.82, 2.24) is 0 Å². The SMILES string of the molecule is CCCCCCC/C=C\C/C=C\CCCCCCCCCCCCCC(=O)OC(COCCCCCCCCCCCCCCCCC)COC1OC(CO)C(O)C(OS(=O)(=O)O)C1O. The topological polar surface area (TPSA) is 178 Å². The molecular weight excluding hydrogens is 849 g/mol. The summed E-state index contributed by atoms with van der Waals surface area (Å²) in [5.74, 6) is -0.397. The summed E-state index contributed by atoms with van der Waals surface area (Å²) in [7, 11) is -5.06. The van der Waals surface area contributed by atoms with Gasteiger partial charge in [-0.2, -0.15) is 8.42 Å². The first kappa shape index (κ1) is 61.6. The molecule has 384 valence electrons. The summed E-state index contributed by atoms with van der Waals surface area (Å²) in [5, 5.41) is 30.8. The molecule has 13 heteroatoms. The molecule has 1 saturated heterocycles. The van der Waals surface area contributed by atoms with E-state index in [4.69, 9.17) is 18.9 Å². The Morgan fingerprint density at radius 1 is 0.585 bits per heavy atom. The predicted molar refractivity (Wildman–Crippen MR) is 262 cm³/mol. The van der Waals surface area contributed by atoms with Gasteiger partial charge in [0.15, 0.2) is 6.29 Å². The molecule has 1 rings (SSSR count). The molecular formula is C52H98O12S. The molecule has 6 unspecified atom stereocenters. The summed E-state index contributed by atoms with van der Waals surface area (Å²) in [6.07, 6.45) is 42.1. The first-order valence-corrected chi connectivity index (χ1v) is 28.0. The van der Waals surface area contributed by atoms with Crippen LogP contribution in [0.4, 0.5) is 0 Å². The van der Waals surface area contributed by atoms with Gasteiger partial charge in [-0.3, -0.25) is 9.35 Å². The van der Waals surface area contributed by atoms with Crippen molar-refractivity contribution >= 4 is 16.4 Å². The van der Waals surface area contributed by atoms with Crippen LogP contribution in [0.15, 0.2) is 24.3 Å². The lowest BCUT2D eigenvalue weighted by atomic mass is 9.99. The van der Waals surface area contributed by atoms with E-state index in [0.29, 0.717) is 13.0 Å². The Hall–Kier alpha value is -1.42. The first-order chi connectivity index (χ1) is 31.6. The lowest BCUT2D eigenvalue weighted by Gasteiger charge is -2.41. The number of hydrogen-bond donors (Lipinski definition) is 4. The van der Waals surface area contributed by atoms with Crippen LogP contribution in [0.2, 0.25) is 0 Å². The lowest BCUT2D eigenvalue weighted by molar-refractivity contribution is -0.301. The van der Waals surface area contributed by atoms with Crippen LogP contribution in [-0.2, 0) is 38.3 Å². The molecule has 0 saturated carbocycles. The number of carbonyl (C=O) groups excluding carboxylic acids is 1. The predicted octanol–water partition coefficient (Wildman–Crippen LogP) is 12.4. The minimum atomic E-state index is -5.06. The number of rotatable bonds is 47. The molecule has 0 bridgehead atoms. The zero-order chi connectivity index (χ0) is 47.5. The zero-order valence-corrected chi connectivity index (χ0v) is 42.1. The van der Waals surface area contributed by atoms with E-state index in [1.54, 1.807) is 0 Å². The van der Waals surface area contributed by atoms with Crippen molar-refractivity contribution in [2.75, 3.05) is 26.4 Å². The quantitative estimate of drug-likeness (QED) is 0.0197. The molecule has 1 heterocycles. The minimum absolute atomic E-state index is 0.0401. The molecule has 65 heavy (non-hydrogen) atoms. The van der Waals surface area contributed by atoms with Crippen LogP contribution in [0.3, 0.4) is 0 Å². The largest absolute Gasteiger partial charge is 0.457 e. The summed E-state index contributed by atoms with van der Waals surface area (Å²) >= 11 is 0. The van der Waals surface area contributed by atoms with Crippen molar-refractivity contribution in [2.45, 2.75) is 275 Å². The van der Waals surface area contributed by atoms with E-state index in [9.17, 15) is 33.1 Å². The molecule has 1 aliphatic heterocycles. The van der Waals surface area contributed by atoms with Crippen LogP contribution in [-0.4, -0.2) is 97.5 Å². The van der Waals surface area contributed by atoms with Crippen molar-refractivity contribution in [3.05, 3.63) is 24.3 Å². The minimum Gasteiger partial charge on any atom is -0.457 e. The molecule has 0 aromatic carbocycles. The normalized spacial score (nSPS) is 19.8. The van der Waals surface area contributed by atoms with Crippen molar-refractivity contribution < 1.29 is 56.2 Å². The molecule has 1 fully saturated rings. The first-order valence-electron chi connectivity index (χ1n) is 26.6. The van der Waals surface area contributed by atoms with Crippen LogP contribution in [0.1, 0.15) is 239 Å². The molecule has 0 radical (unpaired) electrons. The van der Waals surface area contributed by atoms with E-state index in [2.05, 4.69) is 42.3 Å². The van der Waals surface area contributed by atoms with Crippen LogP contribution >= 0.6 is 0 Å². The number of aliphatic hydroxyl groups is 3. The highest BCUT2D eigenvalue weighted by Gasteiger charge is 2.48. The van der Waals surface area contributed by atoms with Crippen molar-refractivity contribution in [1.29, 1.82) is 0 Å². The number of carbonyl (C=O) groups is 1. The van der Waals surface area contributed by atoms with Gasteiger partial charge >= 0.3 is 16.4 Å². The van der Waals surface area contributed by atoms with Gasteiger partial charge in [0.05, 0.1) is 19.8 Å². The summed E-state index contributed by atoms with van der Waals surface area (Å²) in [5.41, 5.74) is 0. The second-order valence-electron chi connectivity index (χ2n) is 18.5. The second kappa shape index (κ2) is 43.8. The molecule has 0 amide bonds. The standard InChI is InChI=1S/C52H98O12S/c1-3-5-7-9-11-13-15-17-19-20-21-22-23-24-25-26-27-29-31-33-35-37-39-41-48(54)62-46(45-61-52-50(56)51(64-65(57,58)59)49(55)47(43-53)63-52)44-60-42-40-38-36-34-32-30-28-18-16-14-12-10-8-6-4-2/h15,17,20-21,46-47,49-53,55-56H,3-14,16,18-19,22-45H2,1-2H3,(H,57,58,59)/b17-15-,21-20-. The highest BCUT2D eigenvalue weighted by atomic mass is 32.3. The molecule has 0 aliphatic carbocycles. The Morgan fingerprint density at radius 2 is 1.02 bits per heavy atom. The van der Waals surface area contributed by atoms with Gasteiger partial charge in [0.1, 0.15) is 30.5 Å². The molecule has 12 nitrogen and oxygen atoms in total. The van der Waals surface area contributed by atoms with Gasteiger partial charge in [0, 0.05) is 13.0 Å². The van der Waals surface area contributed by atoms with Gasteiger partial charge < -0.3 is 34.3 Å². The van der Waals surface area contributed by atoms with Crippen molar-refractivity contribution in [3.8, 4) is 0 Å². The fourth-order valence-electron chi connectivity index (χ4n) is 8.29. The third kappa shape index (κ3) is 37.2. The Labute approximate surface area is 397 Å². The number of allylic oxidation sites excluding steroid dienone is 4. The van der Waals surface area contributed by atoms with E-state index in [1.165, 1.54) is 167 Å². The smallest absolute Gasteiger partial charge is 0.397 e. The van der Waals surface area contributed by atoms with E-state index in [1.807, 2.05) is 0 Å². The van der Waals surface area contributed by atoms with Crippen LogP contribution in [0, 0.1) is 0 Å². The van der Waals surface area contributed by atoms with E-state index < -0.39 is 59.8 Å². The second-order valence-corrected chi connectivity index (χ2v) is 19.5. The summed E-state index contributed by atoms with van der Waals surface area (Å²) in [6, 6.07) is 0. The van der Waals surface area contributed by atoms with Crippen LogP contribution in [0.5, 0.6) is 0 Å². The van der Waals surface area contributed by atoms with Crippen LogP contribution < -0.4 is 0 Å². The van der Waals surface area contributed by atoms with Crippen molar-refractivity contribution in [3.63, 3.8) is 0 Å². The average molecular weight is 947 g/mol. The van der Waals surface area contributed by atoms with Gasteiger partial charge in [0.2, 0.25) is 0 Å². The Morgan fingerprint density at radius 3 is 1.46 bits per heavy atom. The molecule has 4 N–H and O–H groups in total. The number of ether oxygens (including phenoxy) is 4. The monoisotopic (exact) mass is 947 g/mol. The van der Waals surface area contributed by atoms with E-state index in [-0.39, 0.29) is 19.6 Å². The molecule has 1 aliphatic rings. The maximum atomic E-state index is 12.9. The third-order valence-electron chi connectivity index (χ3n) is 12.3. The molecule has 0 aromatic heterocycles.